The normalized spacial score (nSPS) is 20.7. The van der Waals surface area contributed by atoms with Crippen molar-refractivity contribution in [2.45, 2.75) is 64.3 Å². The van der Waals surface area contributed by atoms with Gasteiger partial charge in [-0.05, 0) is 32.3 Å². The quantitative estimate of drug-likeness (QED) is 0.848. The molecule has 1 aliphatic carbocycles. The zero-order valence-electron chi connectivity index (χ0n) is 17.7. The van der Waals surface area contributed by atoms with Gasteiger partial charge in [-0.1, -0.05) is 49.1 Å². The van der Waals surface area contributed by atoms with E-state index in [0.29, 0.717) is 26.2 Å². The molecule has 2 amide bonds. The third-order valence-corrected chi connectivity index (χ3v) is 6.59. The molecule has 1 aliphatic heterocycles. The number of rotatable bonds is 5. The molecule has 1 aromatic rings. The molecule has 1 N–H and O–H groups in total. The lowest BCUT2D eigenvalue weighted by molar-refractivity contribution is -0.139. The fraction of sp³-hybridized carbons (Fsp3) is 0.652. The van der Waals surface area contributed by atoms with E-state index < -0.39 is 0 Å². The third-order valence-electron chi connectivity index (χ3n) is 6.59. The van der Waals surface area contributed by atoms with Gasteiger partial charge in [-0.2, -0.15) is 0 Å². The highest BCUT2D eigenvalue weighted by Crippen LogP contribution is 2.39. The molecule has 2 fully saturated rings. The molecule has 1 saturated carbocycles. The van der Waals surface area contributed by atoms with E-state index in [1.807, 2.05) is 16.7 Å². The van der Waals surface area contributed by atoms with Crippen molar-refractivity contribution in [1.29, 1.82) is 0 Å². The number of carbonyl (C=O) groups excluding carboxylic acids is 2. The number of hydrogen-bond donors (Lipinski definition) is 1. The van der Waals surface area contributed by atoms with Crippen LogP contribution >= 0.6 is 0 Å². The third kappa shape index (κ3) is 4.75. The second kappa shape index (κ2) is 9.08. The summed E-state index contributed by atoms with van der Waals surface area (Å²) in [6, 6.07) is 8.69. The number of nitrogens with one attached hydrogen (secondary N) is 1. The van der Waals surface area contributed by atoms with E-state index in [1.165, 1.54) is 43.2 Å². The van der Waals surface area contributed by atoms with Crippen LogP contribution in [-0.4, -0.2) is 60.4 Å². The molecule has 154 valence electrons. The SMILES string of the molecule is CC(=O)N1CCN(C(=O)C(C)NCC2(c3cccc(C)c3)CCCCC2)CC1. The van der Waals surface area contributed by atoms with Crippen molar-refractivity contribution >= 4 is 11.8 Å². The summed E-state index contributed by atoms with van der Waals surface area (Å²) in [5.74, 6) is 0.245. The molecule has 5 nitrogen and oxygen atoms in total. The maximum atomic E-state index is 12.9. The first-order valence-corrected chi connectivity index (χ1v) is 10.8. The van der Waals surface area contributed by atoms with Gasteiger partial charge in [0.25, 0.3) is 0 Å². The van der Waals surface area contributed by atoms with Crippen LogP contribution in [0.15, 0.2) is 24.3 Å². The molecule has 5 heteroatoms. The lowest BCUT2D eigenvalue weighted by atomic mass is 9.69. The van der Waals surface area contributed by atoms with Crippen LogP contribution in [-0.2, 0) is 15.0 Å². The van der Waals surface area contributed by atoms with E-state index in [0.717, 1.165) is 6.54 Å². The van der Waals surface area contributed by atoms with Gasteiger partial charge in [0.2, 0.25) is 11.8 Å². The first kappa shape index (κ1) is 20.8. The van der Waals surface area contributed by atoms with Gasteiger partial charge in [-0.15, -0.1) is 0 Å². The number of carbonyl (C=O) groups is 2. The van der Waals surface area contributed by atoms with Gasteiger partial charge in [0.1, 0.15) is 0 Å². The summed E-state index contributed by atoms with van der Waals surface area (Å²) in [6.45, 7) is 9.11. The van der Waals surface area contributed by atoms with Gasteiger partial charge >= 0.3 is 0 Å². The van der Waals surface area contributed by atoms with E-state index in [-0.39, 0.29) is 23.3 Å². The summed E-state index contributed by atoms with van der Waals surface area (Å²) >= 11 is 0. The smallest absolute Gasteiger partial charge is 0.239 e. The zero-order valence-corrected chi connectivity index (χ0v) is 17.7. The molecule has 0 bridgehead atoms. The van der Waals surface area contributed by atoms with Gasteiger partial charge < -0.3 is 15.1 Å². The Morgan fingerprint density at radius 2 is 1.71 bits per heavy atom. The average molecular weight is 386 g/mol. The van der Waals surface area contributed by atoms with Crippen molar-refractivity contribution in [3.05, 3.63) is 35.4 Å². The number of hydrogen-bond acceptors (Lipinski definition) is 3. The summed E-state index contributed by atoms with van der Waals surface area (Å²) in [5.41, 5.74) is 2.84. The Hall–Kier alpha value is -1.88. The maximum Gasteiger partial charge on any atom is 0.239 e. The van der Waals surface area contributed by atoms with Crippen LogP contribution in [0.1, 0.15) is 57.1 Å². The minimum atomic E-state index is -0.201. The van der Waals surface area contributed by atoms with Crippen LogP contribution in [0.3, 0.4) is 0 Å². The van der Waals surface area contributed by atoms with Crippen molar-refractivity contribution in [2.75, 3.05) is 32.7 Å². The van der Waals surface area contributed by atoms with Crippen LogP contribution in [0.25, 0.3) is 0 Å². The van der Waals surface area contributed by atoms with E-state index in [2.05, 4.69) is 36.5 Å². The monoisotopic (exact) mass is 385 g/mol. The van der Waals surface area contributed by atoms with Crippen LogP contribution in [0, 0.1) is 6.92 Å². The van der Waals surface area contributed by atoms with Crippen molar-refractivity contribution in [1.82, 2.24) is 15.1 Å². The molecule has 2 aliphatic rings. The summed E-state index contributed by atoms with van der Waals surface area (Å²) in [6.07, 6.45) is 6.18. The van der Waals surface area contributed by atoms with Gasteiger partial charge in [0, 0.05) is 45.1 Å². The van der Waals surface area contributed by atoms with E-state index in [1.54, 1.807) is 6.92 Å². The number of amides is 2. The highest BCUT2D eigenvalue weighted by Gasteiger charge is 2.35. The Labute approximate surface area is 169 Å². The standard InChI is InChI=1S/C23H35N3O2/c1-18-8-7-9-21(16-18)23(10-5-4-6-11-23)17-24-19(2)22(28)26-14-12-25(13-15-26)20(3)27/h7-9,16,19,24H,4-6,10-15,17H2,1-3H3. The predicted octanol–water partition coefficient (Wildman–Crippen LogP) is 2.87. The molecule has 1 atom stereocenters. The second-order valence-electron chi connectivity index (χ2n) is 8.64. The first-order chi connectivity index (χ1) is 13.4. The summed E-state index contributed by atoms with van der Waals surface area (Å²) < 4.78 is 0. The Morgan fingerprint density at radius 1 is 1.07 bits per heavy atom. The van der Waals surface area contributed by atoms with Crippen molar-refractivity contribution < 1.29 is 9.59 Å². The van der Waals surface area contributed by atoms with Crippen LogP contribution < -0.4 is 5.32 Å². The minimum absolute atomic E-state index is 0.0932. The zero-order chi connectivity index (χ0) is 20.1. The Balaban J connectivity index is 1.61. The average Bonchev–Trinajstić information content (AvgIpc) is 2.72. The summed E-state index contributed by atoms with van der Waals surface area (Å²) in [7, 11) is 0. The summed E-state index contributed by atoms with van der Waals surface area (Å²) in [5, 5.41) is 3.57. The molecular formula is C23H35N3O2. The highest BCUT2D eigenvalue weighted by molar-refractivity contribution is 5.82. The Bertz CT molecular complexity index is 689. The van der Waals surface area contributed by atoms with Gasteiger partial charge in [-0.25, -0.2) is 0 Å². The van der Waals surface area contributed by atoms with Gasteiger partial charge in [0.05, 0.1) is 6.04 Å². The molecule has 1 unspecified atom stereocenters. The molecule has 0 radical (unpaired) electrons. The topological polar surface area (TPSA) is 52.7 Å². The molecule has 3 rings (SSSR count). The van der Waals surface area contributed by atoms with Crippen molar-refractivity contribution in [3.63, 3.8) is 0 Å². The fourth-order valence-corrected chi connectivity index (χ4v) is 4.72. The number of aryl methyl sites for hydroxylation is 1. The van der Waals surface area contributed by atoms with Crippen molar-refractivity contribution in [3.8, 4) is 0 Å². The van der Waals surface area contributed by atoms with Gasteiger partial charge in [0.15, 0.2) is 0 Å². The number of piperazine rings is 1. The Kier molecular flexibility index (Phi) is 6.76. The molecular weight excluding hydrogens is 350 g/mol. The van der Waals surface area contributed by atoms with Crippen LogP contribution in [0.4, 0.5) is 0 Å². The largest absolute Gasteiger partial charge is 0.339 e. The molecule has 28 heavy (non-hydrogen) atoms. The minimum Gasteiger partial charge on any atom is -0.339 e. The van der Waals surface area contributed by atoms with E-state index >= 15 is 0 Å². The van der Waals surface area contributed by atoms with Crippen LogP contribution in [0.2, 0.25) is 0 Å². The number of benzene rings is 1. The molecule has 0 spiro atoms. The second-order valence-corrected chi connectivity index (χ2v) is 8.64. The lowest BCUT2D eigenvalue weighted by Crippen LogP contribution is -2.55. The van der Waals surface area contributed by atoms with E-state index in [4.69, 9.17) is 0 Å². The molecule has 1 saturated heterocycles. The van der Waals surface area contributed by atoms with Gasteiger partial charge in [-0.3, -0.25) is 9.59 Å². The molecule has 1 heterocycles. The molecule has 1 aromatic carbocycles. The number of nitrogens with zero attached hydrogens (tertiary/aromatic N) is 2. The Morgan fingerprint density at radius 3 is 2.32 bits per heavy atom. The van der Waals surface area contributed by atoms with Crippen molar-refractivity contribution in [2.24, 2.45) is 0 Å². The fourth-order valence-electron chi connectivity index (χ4n) is 4.72. The predicted molar refractivity (Wildman–Crippen MR) is 112 cm³/mol. The van der Waals surface area contributed by atoms with E-state index in [9.17, 15) is 9.59 Å². The maximum absolute atomic E-state index is 12.9. The van der Waals surface area contributed by atoms with Crippen LogP contribution in [0.5, 0.6) is 0 Å². The first-order valence-electron chi connectivity index (χ1n) is 10.8. The lowest BCUT2D eigenvalue weighted by Gasteiger charge is -2.40. The molecule has 0 aromatic heterocycles. The summed E-state index contributed by atoms with van der Waals surface area (Å²) in [4.78, 5) is 28.1. The highest BCUT2D eigenvalue weighted by atomic mass is 16.2.